The Hall–Kier alpha value is -2.55. The SMILES string of the molecule is CC(C)(CO)NC=O.Cc1nnc2n1-c1sc3c(c1C(c1ccccc1Cl)=NC2)CCC3. The molecule has 0 saturated carbocycles. The molecule has 3 heterocycles. The first-order valence-electron chi connectivity index (χ1n) is 10.5. The summed E-state index contributed by atoms with van der Waals surface area (Å²) >= 11 is 8.36. The number of aliphatic hydroxyl groups excluding tert-OH is 1. The number of thiophene rings is 1. The van der Waals surface area contributed by atoms with Crippen molar-refractivity contribution in [1.82, 2.24) is 20.1 Å². The van der Waals surface area contributed by atoms with Crippen LogP contribution in [-0.2, 0) is 24.2 Å². The summed E-state index contributed by atoms with van der Waals surface area (Å²) in [5, 5.41) is 21.5. The zero-order valence-corrected chi connectivity index (χ0v) is 19.9. The van der Waals surface area contributed by atoms with E-state index in [1.54, 1.807) is 13.8 Å². The molecule has 32 heavy (non-hydrogen) atoms. The van der Waals surface area contributed by atoms with Gasteiger partial charge in [-0.1, -0.05) is 29.8 Å². The van der Waals surface area contributed by atoms with E-state index < -0.39 is 5.54 Å². The summed E-state index contributed by atoms with van der Waals surface area (Å²) in [6.07, 6.45) is 4.06. The first-order valence-corrected chi connectivity index (χ1v) is 11.7. The van der Waals surface area contributed by atoms with Gasteiger partial charge >= 0.3 is 0 Å². The highest BCUT2D eigenvalue weighted by Gasteiger charge is 2.31. The fraction of sp³-hybridized carbons (Fsp3) is 0.391. The van der Waals surface area contributed by atoms with Gasteiger partial charge in [0.05, 0.1) is 17.9 Å². The first kappa shape index (κ1) is 22.6. The third kappa shape index (κ3) is 4.22. The molecule has 0 fully saturated rings. The Bertz CT molecular complexity index is 1180. The van der Waals surface area contributed by atoms with Crippen molar-refractivity contribution < 1.29 is 9.90 Å². The lowest BCUT2D eigenvalue weighted by atomic mass is 9.99. The summed E-state index contributed by atoms with van der Waals surface area (Å²) in [5.41, 5.74) is 4.21. The number of aliphatic hydroxyl groups is 1. The zero-order chi connectivity index (χ0) is 22.9. The lowest BCUT2D eigenvalue weighted by Gasteiger charge is -2.19. The number of aliphatic imine (C=N–C) groups is 1. The average molecular weight is 472 g/mol. The maximum atomic E-state index is 9.76. The minimum absolute atomic E-state index is 0.0360. The lowest BCUT2D eigenvalue weighted by molar-refractivity contribution is -0.111. The molecule has 1 aliphatic heterocycles. The number of hydrogen-bond donors (Lipinski definition) is 2. The lowest BCUT2D eigenvalue weighted by Crippen LogP contribution is -2.41. The van der Waals surface area contributed by atoms with E-state index in [0.29, 0.717) is 13.0 Å². The maximum Gasteiger partial charge on any atom is 0.207 e. The third-order valence-corrected chi connectivity index (χ3v) is 7.19. The normalized spacial score (nSPS) is 14.3. The monoisotopic (exact) mass is 471 g/mol. The van der Waals surface area contributed by atoms with E-state index in [1.165, 1.54) is 27.4 Å². The van der Waals surface area contributed by atoms with Crippen LogP contribution in [0.1, 0.15) is 53.5 Å². The van der Waals surface area contributed by atoms with E-state index in [0.717, 1.165) is 40.8 Å². The number of fused-ring (bicyclic) bond motifs is 5. The molecule has 2 aromatic heterocycles. The van der Waals surface area contributed by atoms with Gasteiger partial charge < -0.3 is 10.4 Å². The number of nitrogens with zero attached hydrogens (tertiary/aromatic N) is 4. The molecule has 2 aliphatic rings. The zero-order valence-electron chi connectivity index (χ0n) is 18.4. The van der Waals surface area contributed by atoms with E-state index >= 15 is 0 Å². The fourth-order valence-corrected chi connectivity index (χ4v) is 5.55. The van der Waals surface area contributed by atoms with Gasteiger partial charge in [-0.15, -0.1) is 21.5 Å². The second-order valence-corrected chi connectivity index (χ2v) is 9.98. The van der Waals surface area contributed by atoms with Crippen LogP contribution in [0.25, 0.3) is 5.00 Å². The van der Waals surface area contributed by atoms with Crippen molar-refractivity contribution in [3.63, 3.8) is 0 Å². The summed E-state index contributed by atoms with van der Waals surface area (Å²) in [6.45, 7) is 5.97. The number of carbonyl (C=O) groups is 1. The van der Waals surface area contributed by atoms with Crippen LogP contribution in [0.15, 0.2) is 29.3 Å². The Balaban J connectivity index is 0.000000265. The smallest absolute Gasteiger partial charge is 0.207 e. The number of carbonyl (C=O) groups excluding carboxylic acids is 1. The van der Waals surface area contributed by atoms with Crippen LogP contribution >= 0.6 is 22.9 Å². The molecule has 168 valence electrons. The van der Waals surface area contributed by atoms with E-state index in [1.807, 2.05) is 36.5 Å². The predicted octanol–water partition coefficient (Wildman–Crippen LogP) is 3.63. The van der Waals surface area contributed by atoms with Crippen LogP contribution in [0.3, 0.4) is 0 Å². The average Bonchev–Trinajstić information content (AvgIpc) is 3.42. The molecule has 0 saturated heterocycles. The molecule has 0 radical (unpaired) electrons. The van der Waals surface area contributed by atoms with Crippen molar-refractivity contribution in [1.29, 1.82) is 0 Å². The molecular formula is C23H26ClN5O2S. The minimum Gasteiger partial charge on any atom is -0.394 e. The molecule has 3 aromatic rings. The molecule has 1 aliphatic carbocycles. The number of aromatic nitrogens is 3. The van der Waals surface area contributed by atoms with Crippen molar-refractivity contribution in [2.75, 3.05) is 6.61 Å². The summed E-state index contributed by atoms with van der Waals surface area (Å²) in [7, 11) is 0. The minimum atomic E-state index is -0.470. The molecule has 0 unspecified atom stereocenters. The molecule has 1 aromatic carbocycles. The van der Waals surface area contributed by atoms with Gasteiger partial charge in [-0.05, 0) is 51.7 Å². The number of hydrogen-bond acceptors (Lipinski definition) is 6. The van der Waals surface area contributed by atoms with Crippen LogP contribution in [0.5, 0.6) is 0 Å². The Kier molecular flexibility index (Phi) is 6.46. The second-order valence-electron chi connectivity index (χ2n) is 8.49. The van der Waals surface area contributed by atoms with Crippen LogP contribution in [0.2, 0.25) is 5.02 Å². The number of rotatable bonds is 4. The Morgan fingerprint density at radius 2 is 2.06 bits per heavy atom. The molecule has 0 bridgehead atoms. The summed E-state index contributed by atoms with van der Waals surface area (Å²) in [4.78, 5) is 16.1. The van der Waals surface area contributed by atoms with E-state index in [-0.39, 0.29) is 6.61 Å². The molecule has 7 nitrogen and oxygen atoms in total. The van der Waals surface area contributed by atoms with Crippen molar-refractivity contribution >= 4 is 35.1 Å². The Labute approximate surface area is 196 Å². The predicted molar refractivity (Wildman–Crippen MR) is 127 cm³/mol. The molecule has 9 heteroatoms. The van der Waals surface area contributed by atoms with Gasteiger partial charge in [-0.25, -0.2) is 0 Å². The first-order chi connectivity index (χ1) is 15.4. The topological polar surface area (TPSA) is 92.4 Å². The standard InChI is InChI=1S/C18H15ClN4S.C5H11NO2/c1-10-21-22-15-9-20-17(11-5-2-3-7-13(11)19)16-12-6-4-8-14(12)24-18(16)23(10)15;1-5(2,3-7)6-4-8/h2-3,5,7H,4,6,8-9H2,1H3;4,7H,3H2,1-2H3,(H,6,8). The van der Waals surface area contributed by atoms with Crippen molar-refractivity contribution in [2.45, 2.75) is 52.1 Å². The fourth-order valence-electron chi connectivity index (χ4n) is 3.87. The number of halogens is 1. The summed E-state index contributed by atoms with van der Waals surface area (Å²) in [6, 6.07) is 7.97. The molecule has 1 amide bonds. The summed E-state index contributed by atoms with van der Waals surface area (Å²) in [5.74, 6) is 1.82. The van der Waals surface area contributed by atoms with Gasteiger partial charge in [0.1, 0.15) is 17.4 Å². The van der Waals surface area contributed by atoms with Crippen LogP contribution < -0.4 is 5.32 Å². The molecular weight excluding hydrogens is 446 g/mol. The highest BCUT2D eigenvalue weighted by molar-refractivity contribution is 7.15. The van der Waals surface area contributed by atoms with E-state index in [2.05, 4.69) is 26.1 Å². The van der Waals surface area contributed by atoms with Crippen LogP contribution in [-0.4, -0.2) is 44.1 Å². The molecule has 5 rings (SSSR count). The van der Waals surface area contributed by atoms with E-state index in [9.17, 15) is 4.79 Å². The molecule has 0 atom stereocenters. The number of nitrogens with one attached hydrogen (secondary N) is 1. The number of amides is 1. The van der Waals surface area contributed by atoms with Crippen molar-refractivity contribution in [2.24, 2.45) is 4.99 Å². The highest BCUT2D eigenvalue weighted by Crippen LogP contribution is 2.41. The number of benzene rings is 1. The van der Waals surface area contributed by atoms with Crippen molar-refractivity contribution in [3.8, 4) is 5.00 Å². The van der Waals surface area contributed by atoms with Gasteiger partial charge in [-0.3, -0.25) is 14.4 Å². The third-order valence-electron chi connectivity index (χ3n) is 5.59. The molecule has 2 N–H and O–H groups in total. The Morgan fingerprint density at radius 1 is 1.28 bits per heavy atom. The summed E-state index contributed by atoms with van der Waals surface area (Å²) < 4.78 is 2.17. The second kappa shape index (κ2) is 9.13. The van der Waals surface area contributed by atoms with Crippen molar-refractivity contribution in [3.05, 3.63) is 62.5 Å². The number of aryl methyl sites for hydroxylation is 2. The van der Waals surface area contributed by atoms with Gasteiger partial charge in [0, 0.05) is 21.0 Å². The maximum absolute atomic E-state index is 9.76. The van der Waals surface area contributed by atoms with Crippen LogP contribution in [0.4, 0.5) is 0 Å². The van der Waals surface area contributed by atoms with Gasteiger partial charge in [0.15, 0.2) is 5.82 Å². The van der Waals surface area contributed by atoms with Gasteiger partial charge in [-0.2, -0.15) is 0 Å². The van der Waals surface area contributed by atoms with Crippen LogP contribution in [0, 0.1) is 6.92 Å². The largest absolute Gasteiger partial charge is 0.394 e. The van der Waals surface area contributed by atoms with E-state index in [4.69, 9.17) is 21.7 Å². The highest BCUT2D eigenvalue weighted by atomic mass is 35.5. The van der Waals surface area contributed by atoms with Gasteiger partial charge in [0.25, 0.3) is 0 Å². The van der Waals surface area contributed by atoms with Gasteiger partial charge in [0.2, 0.25) is 6.41 Å². The quantitative estimate of drug-likeness (QED) is 0.568. The Morgan fingerprint density at radius 3 is 2.75 bits per heavy atom. The molecule has 0 spiro atoms.